The monoisotopic (exact) mass is 517 g/mol. The number of imide groups is 1. The number of nitrogens with zero attached hydrogens (tertiary/aromatic N) is 2. The summed E-state index contributed by atoms with van der Waals surface area (Å²) in [6.07, 6.45) is 0.114. The molecule has 0 aliphatic carbocycles. The molecule has 0 unspecified atom stereocenters. The number of hydrogen-bond donors (Lipinski definition) is 1. The van der Waals surface area contributed by atoms with E-state index in [0.717, 1.165) is 4.90 Å². The van der Waals surface area contributed by atoms with Crippen LogP contribution in [0, 0.1) is 16.0 Å². The summed E-state index contributed by atoms with van der Waals surface area (Å²) < 4.78 is 0. The minimum absolute atomic E-state index is 0.0988. The number of benzene rings is 2. The Labute approximate surface area is 202 Å². The van der Waals surface area contributed by atoms with Gasteiger partial charge in [-0.15, -0.1) is 0 Å². The highest BCUT2D eigenvalue weighted by Crippen LogP contribution is 2.45. The van der Waals surface area contributed by atoms with Gasteiger partial charge in [-0.2, -0.15) is 0 Å². The number of amides is 3. The Morgan fingerprint density at radius 2 is 1.56 bits per heavy atom. The number of nitro groups is 1. The van der Waals surface area contributed by atoms with Crippen molar-refractivity contribution in [1.29, 1.82) is 0 Å². The van der Waals surface area contributed by atoms with Gasteiger partial charge in [0, 0.05) is 17.8 Å². The molecule has 2 aromatic carbocycles. The summed E-state index contributed by atoms with van der Waals surface area (Å²) in [6.45, 7) is 3.61. The highest BCUT2D eigenvalue weighted by molar-refractivity contribution is 6.55. The van der Waals surface area contributed by atoms with E-state index in [1.54, 1.807) is 13.8 Å². The molecule has 0 radical (unpaired) electrons. The lowest BCUT2D eigenvalue weighted by atomic mass is 10.0. The molecule has 1 N–H and O–H groups in total. The van der Waals surface area contributed by atoms with Crippen molar-refractivity contribution in [3.05, 3.63) is 65.6 Å². The van der Waals surface area contributed by atoms with Gasteiger partial charge < -0.3 is 5.32 Å². The van der Waals surface area contributed by atoms with Crippen LogP contribution < -0.4 is 5.32 Å². The fourth-order valence-electron chi connectivity index (χ4n) is 3.35. The number of anilines is 1. The summed E-state index contributed by atoms with van der Waals surface area (Å²) in [6, 6.07) is 4.04. The predicted octanol–water partition coefficient (Wildman–Crippen LogP) is 5.86. The van der Waals surface area contributed by atoms with Crippen molar-refractivity contribution in [3.63, 3.8) is 0 Å². The zero-order valence-electron chi connectivity index (χ0n) is 16.6. The lowest BCUT2D eigenvalue weighted by molar-refractivity contribution is -0.384. The predicted molar refractivity (Wildman–Crippen MR) is 122 cm³/mol. The van der Waals surface area contributed by atoms with Gasteiger partial charge in [-0.05, 0) is 18.4 Å². The van der Waals surface area contributed by atoms with Crippen LogP contribution in [0.1, 0.15) is 41.0 Å². The van der Waals surface area contributed by atoms with E-state index in [4.69, 9.17) is 46.4 Å². The van der Waals surface area contributed by atoms with E-state index in [-0.39, 0.29) is 54.9 Å². The number of carbonyl (C=O) groups is 3. The van der Waals surface area contributed by atoms with Crippen molar-refractivity contribution in [3.8, 4) is 0 Å². The number of hydrogen-bond acceptors (Lipinski definition) is 5. The average molecular weight is 519 g/mol. The van der Waals surface area contributed by atoms with Crippen LogP contribution in [0.4, 0.5) is 11.4 Å². The fraction of sp³-hybridized carbons (Fsp3) is 0.250. The van der Waals surface area contributed by atoms with Gasteiger partial charge in [0.2, 0.25) is 5.91 Å². The van der Waals surface area contributed by atoms with Gasteiger partial charge in [-0.1, -0.05) is 66.3 Å². The van der Waals surface area contributed by atoms with E-state index in [1.807, 2.05) is 0 Å². The maximum Gasteiger partial charge on any atom is 0.271 e. The van der Waals surface area contributed by atoms with Crippen LogP contribution in [-0.2, 0) is 4.79 Å². The van der Waals surface area contributed by atoms with Crippen LogP contribution in [0.5, 0.6) is 0 Å². The Bertz CT molecular complexity index is 1120. The van der Waals surface area contributed by atoms with Gasteiger partial charge in [0.05, 0.1) is 36.1 Å². The van der Waals surface area contributed by atoms with Gasteiger partial charge in [-0.3, -0.25) is 29.4 Å². The maximum absolute atomic E-state index is 13.2. The summed E-state index contributed by atoms with van der Waals surface area (Å²) in [5.41, 5.74) is -0.551. The summed E-state index contributed by atoms with van der Waals surface area (Å²) >= 11 is 24.4. The third-order valence-corrected chi connectivity index (χ3v) is 6.57. The average Bonchev–Trinajstić information content (AvgIpc) is 2.99. The summed E-state index contributed by atoms with van der Waals surface area (Å²) in [4.78, 5) is 50.6. The van der Waals surface area contributed by atoms with Gasteiger partial charge in [0.15, 0.2) is 0 Å². The molecule has 0 saturated carbocycles. The number of nitro benzene ring substituents is 1. The second-order valence-corrected chi connectivity index (χ2v) is 8.94. The first-order valence-corrected chi connectivity index (χ1v) is 10.8. The van der Waals surface area contributed by atoms with Gasteiger partial charge in [-0.25, -0.2) is 0 Å². The number of rotatable bonds is 6. The molecule has 168 valence electrons. The van der Waals surface area contributed by atoms with Crippen LogP contribution in [0.3, 0.4) is 0 Å². The Morgan fingerprint density at radius 3 is 2.03 bits per heavy atom. The molecule has 8 nitrogen and oxygen atoms in total. The van der Waals surface area contributed by atoms with Crippen molar-refractivity contribution in [2.45, 2.75) is 26.3 Å². The number of non-ortho nitro benzene ring substituents is 1. The molecule has 3 amide bonds. The van der Waals surface area contributed by atoms with E-state index in [0.29, 0.717) is 0 Å². The van der Waals surface area contributed by atoms with Crippen LogP contribution in [0.25, 0.3) is 0 Å². The molecule has 0 fully saturated rings. The molecule has 1 aliphatic heterocycles. The third kappa shape index (κ3) is 4.28. The standard InChI is InChI=1S/C20H15Cl4N3O5/c1-8(2)6-11(18(28)25-9-4-3-5-10(7-9)27(31)32)26-19(29)12-13(20(26)30)15(22)17(24)16(23)14(12)21/h3-5,7-8,11H,6H2,1-2H3,(H,25,28)/t11-/m1/s1. The molecule has 12 heteroatoms. The molecule has 32 heavy (non-hydrogen) atoms. The molecule has 1 heterocycles. The normalized spacial score (nSPS) is 14.0. The highest BCUT2D eigenvalue weighted by Gasteiger charge is 2.46. The molecule has 1 atom stereocenters. The van der Waals surface area contributed by atoms with Crippen molar-refractivity contribution in [2.24, 2.45) is 5.92 Å². The molecule has 1 aliphatic rings. The quantitative estimate of drug-likeness (QED) is 0.169. The molecule has 0 saturated heterocycles. The van der Waals surface area contributed by atoms with E-state index < -0.39 is 28.7 Å². The Morgan fingerprint density at radius 1 is 1.03 bits per heavy atom. The minimum atomic E-state index is -1.24. The molecule has 2 aromatic rings. The molecule has 3 rings (SSSR count). The number of carbonyl (C=O) groups excluding carboxylic acids is 3. The van der Waals surface area contributed by atoms with Crippen molar-refractivity contribution in [2.75, 3.05) is 5.32 Å². The van der Waals surface area contributed by atoms with E-state index >= 15 is 0 Å². The molecular weight excluding hydrogens is 504 g/mol. The molecular formula is C20H15Cl4N3O5. The smallest absolute Gasteiger partial charge is 0.271 e. The first-order valence-electron chi connectivity index (χ1n) is 9.24. The Balaban J connectivity index is 2.02. The van der Waals surface area contributed by atoms with Crippen molar-refractivity contribution in [1.82, 2.24) is 4.90 Å². The fourth-order valence-corrected chi connectivity index (χ4v) is 4.36. The number of nitrogens with one attached hydrogen (secondary N) is 1. The highest BCUT2D eigenvalue weighted by atomic mass is 35.5. The van der Waals surface area contributed by atoms with Crippen LogP contribution >= 0.6 is 46.4 Å². The lowest BCUT2D eigenvalue weighted by Gasteiger charge is -2.26. The third-order valence-electron chi connectivity index (χ3n) is 4.77. The summed E-state index contributed by atoms with van der Waals surface area (Å²) in [5.74, 6) is -2.48. The van der Waals surface area contributed by atoms with Crippen LogP contribution in [0.2, 0.25) is 20.1 Å². The first-order chi connectivity index (χ1) is 15.0. The van der Waals surface area contributed by atoms with Gasteiger partial charge in [0.25, 0.3) is 17.5 Å². The first kappa shape index (κ1) is 24.3. The molecule has 0 bridgehead atoms. The summed E-state index contributed by atoms with van der Waals surface area (Å²) in [7, 11) is 0. The van der Waals surface area contributed by atoms with Crippen molar-refractivity contribution < 1.29 is 19.3 Å². The second-order valence-electron chi connectivity index (χ2n) is 7.43. The summed E-state index contributed by atoms with van der Waals surface area (Å²) in [5, 5.41) is 12.7. The van der Waals surface area contributed by atoms with E-state index in [1.165, 1.54) is 24.3 Å². The van der Waals surface area contributed by atoms with Crippen LogP contribution in [-0.4, -0.2) is 33.6 Å². The zero-order chi connectivity index (χ0) is 23.9. The number of fused-ring (bicyclic) bond motifs is 1. The Hall–Kier alpha value is -2.39. The van der Waals surface area contributed by atoms with Crippen molar-refractivity contribution >= 4 is 75.5 Å². The number of halogens is 4. The molecule has 0 spiro atoms. The molecule has 0 aromatic heterocycles. The van der Waals surface area contributed by atoms with Crippen LogP contribution in [0.15, 0.2) is 24.3 Å². The Kier molecular flexibility index (Phi) is 7.00. The second kappa shape index (κ2) is 9.23. The zero-order valence-corrected chi connectivity index (χ0v) is 19.6. The van der Waals surface area contributed by atoms with Gasteiger partial charge in [0.1, 0.15) is 6.04 Å². The SMILES string of the molecule is CC(C)C[C@H](C(=O)Nc1cccc([N+](=O)[O-])c1)N1C(=O)c2c(Cl)c(Cl)c(Cl)c(Cl)c2C1=O. The van der Waals surface area contributed by atoms with Gasteiger partial charge >= 0.3 is 0 Å². The maximum atomic E-state index is 13.2. The lowest BCUT2D eigenvalue weighted by Crippen LogP contribution is -2.48. The van der Waals surface area contributed by atoms with E-state index in [9.17, 15) is 24.5 Å². The largest absolute Gasteiger partial charge is 0.324 e. The minimum Gasteiger partial charge on any atom is -0.324 e. The van der Waals surface area contributed by atoms with E-state index in [2.05, 4.69) is 5.32 Å². The topological polar surface area (TPSA) is 110 Å².